The minimum absolute atomic E-state index is 0.322. The molecule has 0 atom stereocenters. The molecule has 3 nitrogen and oxygen atoms in total. The number of aromatic nitrogens is 2. The van der Waals surface area contributed by atoms with Gasteiger partial charge in [0.05, 0.1) is 0 Å². The number of nitrogens with zero attached hydrogens (tertiary/aromatic N) is 2. The number of carbonyl (C=O) groups excluding carboxylic acids is 1. The Hall–Kier alpha value is -1.12. The molecule has 2 rings (SSSR count). The summed E-state index contributed by atoms with van der Waals surface area (Å²) in [7, 11) is 1.94. The molecule has 0 unspecified atom stereocenters. The standard InChI is InChI=1S/C16H26N2O/c1-12(2)13-4-6-14(7-5-13)16(19)9-8-15-10-11-17-18(15)3/h10-14H,4-9H2,1-3H3. The molecular weight excluding hydrogens is 236 g/mol. The molecule has 106 valence electrons. The molecule has 1 aliphatic carbocycles. The summed E-state index contributed by atoms with van der Waals surface area (Å²) in [4.78, 5) is 12.3. The second kappa shape index (κ2) is 6.36. The van der Waals surface area contributed by atoms with E-state index in [0.717, 1.165) is 36.8 Å². The second-order valence-corrected chi connectivity index (χ2v) is 6.27. The van der Waals surface area contributed by atoms with Gasteiger partial charge < -0.3 is 0 Å². The minimum atomic E-state index is 0.322. The zero-order valence-electron chi connectivity index (χ0n) is 12.4. The van der Waals surface area contributed by atoms with Crippen molar-refractivity contribution in [2.75, 3.05) is 0 Å². The number of aryl methyl sites for hydroxylation is 2. The fraction of sp³-hybridized carbons (Fsp3) is 0.750. The maximum atomic E-state index is 12.3. The molecule has 0 radical (unpaired) electrons. The van der Waals surface area contributed by atoms with Crippen molar-refractivity contribution >= 4 is 5.78 Å². The lowest BCUT2D eigenvalue weighted by Gasteiger charge is -2.30. The first-order chi connectivity index (χ1) is 9.08. The highest BCUT2D eigenvalue weighted by molar-refractivity contribution is 5.81. The number of ketones is 1. The van der Waals surface area contributed by atoms with Crippen molar-refractivity contribution in [2.24, 2.45) is 24.8 Å². The first-order valence-corrected chi connectivity index (χ1v) is 7.57. The maximum Gasteiger partial charge on any atom is 0.136 e. The molecule has 3 heteroatoms. The summed E-state index contributed by atoms with van der Waals surface area (Å²) in [5.74, 6) is 2.39. The van der Waals surface area contributed by atoms with Crippen molar-refractivity contribution < 1.29 is 4.79 Å². The summed E-state index contributed by atoms with van der Waals surface area (Å²) < 4.78 is 1.86. The molecule has 0 bridgehead atoms. The molecule has 1 saturated carbocycles. The summed E-state index contributed by atoms with van der Waals surface area (Å²) in [6.07, 6.45) is 7.99. The average Bonchev–Trinajstić information content (AvgIpc) is 2.81. The summed E-state index contributed by atoms with van der Waals surface area (Å²) in [6, 6.07) is 2.00. The summed E-state index contributed by atoms with van der Waals surface area (Å²) >= 11 is 0. The summed E-state index contributed by atoms with van der Waals surface area (Å²) in [5.41, 5.74) is 1.16. The molecule has 0 N–H and O–H groups in total. The maximum absolute atomic E-state index is 12.3. The fourth-order valence-electron chi connectivity index (χ4n) is 3.21. The first kappa shape index (κ1) is 14.3. The average molecular weight is 262 g/mol. The lowest BCUT2D eigenvalue weighted by molar-refractivity contribution is -0.124. The minimum Gasteiger partial charge on any atom is -0.299 e. The van der Waals surface area contributed by atoms with Crippen LogP contribution >= 0.6 is 0 Å². The van der Waals surface area contributed by atoms with E-state index in [1.54, 1.807) is 6.20 Å². The number of rotatable bonds is 5. The van der Waals surface area contributed by atoms with Crippen LogP contribution in [0.4, 0.5) is 0 Å². The molecule has 0 aromatic carbocycles. The Morgan fingerprint density at radius 1 is 1.37 bits per heavy atom. The van der Waals surface area contributed by atoms with E-state index in [4.69, 9.17) is 0 Å². The van der Waals surface area contributed by atoms with Crippen LogP contribution in [0.15, 0.2) is 12.3 Å². The molecule has 0 amide bonds. The number of hydrogen-bond acceptors (Lipinski definition) is 2. The lowest BCUT2D eigenvalue weighted by Crippen LogP contribution is -2.24. The Morgan fingerprint density at radius 3 is 2.58 bits per heavy atom. The van der Waals surface area contributed by atoms with Crippen LogP contribution < -0.4 is 0 Å². The third kappa shape index (κ3) is 3.68. The SMILES string of the molecule is CC(C)C1CCC(C(=O)CCc2ccnn2C)CC1. The van der Waals surface area contributed by atoms with Gasteiger partial charge in [0, 0.05) is 31.3 Å². The Balaban J connectivity index is 1.77. The van der Waals surface area contributed by atoms with Crippen LogP contribution in [0.25, 0.3) is 0 Å². The smallest absolute Gasteiger partial charge is 0.136 e. The van der Waals surface area contributed by atoms with Crippen LogP contribution in [0.2, 0.25) is 0 Å². The van der Waals surface area contributed by atoms with Crippen molar-refractivity contribution in [3.05, 3.63) is 18.0 Å². The normalized spacial score (nSPS) is 23.8. The Morgan fingerprint density at radius 2 is 2.05 bits per heavy atom. The van der Waals surface area contributed by atoms with Crippen molar-refractivity contribution in [1.29, 1.82) is 0 Å². The van der Waals surface area contributed by atoms with Crippen LogP contribution in [0.3, 0.4) is 0 Å². The molecule has 19 heavy (non-hydrogen) atoms. The van der Waals surface area contributed by atoms with Gasteiger partial charge >= 0.3 is 0 Å². The van der Waals surface area contributed by atoms with Crippen LogP contribution in [0.1, 0.15) is 51.6 Å². The van der Waals surface area contributed by atoms with E-state index in [2.05, 4.69) is 18.9 Å². The Kier molecular flexibility index (Phi) is 4.78. The number of Topliss-reactive ketones (excluding diaryl/α,β-unsaturated/α-hetero) is 1. The van der Waals surface area contributed by atoms with E-state index in [1.165, 1.54) is 12.8 Å². The van der Waals surface area contributed by atoms with Crippen LogP contribution in [0, 0.1) is 17.8 Å². The van der Waals surface area contributed by atoms with Gasteiger partial charge in [-0.1, -0.05) is 13.8 Å². The zero-order valence-corrected chi connectivity index (χ0v) is 12.4. The highest BCUT2D eigenvalue weighted by Crippen LogP contribution is 2.34. The molecule has 1 aliphatic rings. The third-order valence-electron chi connectivity index (χ3n) is 4.72. The van der Waals surface area contributed by atoms with Crippen LogP contribution in [-0.2, 0) is 18.3 Å². The quantitative estimate of drug-likeness (QED) is 0.815. The van der Waals surface area contributed by atoms with Gasteiger partial charge in [-0.3, -0.25) is 9.48 Å². The highest BCUT2D eigenvalue weighted by Gasteiger charge is 2.27. The first-order valence-electron chi connectivity index (χ1n) is 7.57. The van der Waals surface area contributed by atoms with E-state index >= 15 is 0 Å². The van der Waals surface area contributed by atoms with E-state index in [1.807, 2.05) is 17.8 Å². The van der Waals surface area contributed by atoms with E-state index in [9.17, 15) is 4.79 Å². The fourth-order valence-corrected chi connectivity index (χ4v) is 3.21. The number of hydrogen-bond donors (Lipinski definition) is 0. The van der Waals surface area contributed by atoms with E-state index in [-0.39, 0.29) is 0 Å². The van der Waals surface area contributed by atoms with Gasteiger partial charge in [0.25, 0.3) is 0 Å². The highest BCUT2D eigenvalue weighted by atomic mass is 16.1. The van der Waals surface area contributed by atoms with Crippen molar-refractivity contribution in [3.63, 3.8) is 0 Å². The van der Waals surface area contributed by atoms with Gasteiger partial charge in [-0.15, -0.1) is 0 Å². The predicted octanol–water partition coefficient (Wildman–Crippen LogP) is 3.38. The van der Waals surface area contributed by atoms with Crippen molar-refractivity contribution in [1.82, 2.24) is 9.78 Å². The molecule has 1 aromatic rings. The Labute approximate surface area is 116 Å². The van der Waals surface area contributed by atoms with Gasteiger partial charge in [0.15, 0.2) is 0 Å². The van der Waals surface area contributed by atoms with Gasteiger partial charge in [-0.2, -0.15) is 5.10 Å². The third-order valence-corrected chi connectivity index (χ3v) is 4.72. The number of carbonyl (C=O) groups is 1. The van der Waals surface area contributed by atoms with Gasteiger partial charge in [0.2, 0.25) is 0 Å². The second-order valence-electron chi connectivity index (χ2n) is 6.27. The zero-order chi connectivity index (χ0) is 13.8. The molecule has 0 aliphatic heterocycles. The Bertz CT molecular complexity index is 414. The van der Waals surface area contributed by atoms with E-state index < -0.39 is 0 Å². The van der Waals surface area contributed by atoms with Crippen molar-refractivity contribution in [3.8, 4) is 0 Å². The monoisotopic (exact) mass is 262 g/mol. The molecule has 0 spiro atoms. The lowest BCUT2D eigenvalue weighted by atomic mass is 9.75. The van der Waals surface area contributed by atoms with E-state index in [0.29, 0.717) is 18.1 Å². The van der Waals surface area contributed by atoms with Gasteiger partial charge in [-0.25, -0.2) is 0 Å². The molecule has 0 saturated heterocycles. The molecular formula is C16H26N2O. The predicted molar refractivity (Wildman–Crippen MR) is 76.8 cm³/mol. The van der Waals surface area contributed by atoms with Crippen molar-refractivity contribution in [2.45, 2.75) is 52.4 Å². The molecule has 1 heterocycles. The molecule has 1 aromatic heterocycles. The summed E-state index contributed by atoms with van der Waals surface area (Å²) in [6.45, 7) is 4.60. The molecule has 1 fully saturated rings. The topological polar surface area (TPSA) is 34.9 Å². The van der Waals surface area contributed by atoms with Crippen LogP contribution in [-0.4, -0.2) is 15.6 Å². The van der Waals surface area contributed by atoms with Gasteiger partial charge in [-0.05, 0) is 50.0 Å². The van der Waals surface area contributed by atoms with Crippen LogP contribution in [0.5, 0.6) is 0 Å². The van der Waals surface area contributed by atoms with Gasteiger partial charge in [0.1, 0.15) is 5.78 Å². The summed E-state index contributed by atoms with van der Waals surface area (Å²) in [5, 5.41) is 4.14. The largest absolute Gasteiger partial charge is 0.299 e.